The van der Waals surface area contributed by atoms with Gasteiger partial charge in [-0.2, -0.15) is 0 Å². The third kappa shape index (κ3) is 3.15. The average Bonchev–Trinajstić information content (AvgIpc) is 2.25. The lowest BCUT2D eigenvalue weighted by Crippen LogP contribution is -2.22. The number of benzene rings is 1. The van der Waals surface area contributed by atoms with Crippen molar-refractivity contribution in [3.63, 3.8) is 0 Å². The minimum Gasteiger partial charge on any atom is -0.486 e. The summed E-state index contributed by atoms with van der Waals surface area (Å²) in [7, 11) is -3.13. The number of ether oxygens (including phenoxy) is 2. The van der Waals surface area contributed by atoms with Gasteiger partial charge in [-0.25, -0.2) is 8.42 Å². The van der Waals surface area contributed by atoms with Crippen molar-refractivity contribution in [2.75, 3.05) is 25.2 Å². The molecule has 2 rings (SSSR count). The first-order chi connectivity index (χ1) is 8.37. The molecule has 0 saturated carbocycles. The highest BCUT2D eigenvalue weighted by molar-refractivity contribution is 9.10. The number of fused-ring (bicyclic) bond motifs is 1. The fraction of sp³-hybridized carbons (Fsp3) is 0.455. The molecule has 1 aliphatic rings. The van der Waals surface area contributed by atoms with Crippen LogP contribution in [-0.2, 0) is 9.84 Å². The van der Waals surface area contributed by atoms with Crippen molar-refractivity contribution in [2.45, 2.75) is 6.04 Å². The number of rotatable bonds is 3. The molecule has 0 bridgehead atoms. The first-order valence-electron chi connectivity index (χ1n) is 5.39. The standard InChI is InChI=1S/C11H14BrNO4S/c1-18(14,15)6-9(13)7-4-10-11(5-8(7)12)17-3-2-16-10/h4-5,9H,2-3,6,13H2,1H3. The van der Waals surface area contributed by atoms with Crippen LogP contribution in [0.2, 0.25) is 0 Å². The van der Waals surface area contributed by atoms with Gasteiger partial charge in [-0.1, -0.05) is 15.9 Å². The van der Waals surface area contributed by atoms with Gasteiger partial charge in [-0.3, -0.25) is 0 Å². The highest BCUT2D eigenvalue weighted by atomic mass is 79.9. The van der Waals surface area contributed by atoms with Gasteiger partial charge in [0.2, 0.25) is 0 Å². The maximum atomic E-state index is 11.3. The Morgan fingerprint density at radius 1 is 1.33 bits per heavy atom. The van der Waals surface area contributed by atoms with Crippen LogP contribution in [0.5, 0.6) is 11.5 Å². The maximum Gasteiger partial charge on any atom is 0.162 e. The van der Waals surface area contributed by atoms with Crippen molar-refractivity contribution in [1.29, 1.82) is 0 Å². The zero-order valence-corrected chi connectivity index (χ0v) is 12.3. The molecule has 1 atom stereocenters. The second kappa shape index (κ2) is 5.07. The summed E-state index contributed by atoms with van der Waals surface area (Å²) in [5.41, 5.74) is 6.61. The maximum absolute atomic E-state index is 11.3. The normalized spacial score (nSPS) is 16.4. The Kier molecular flexibility index (Phi) is 3.84. The van der Waals surface area contributed by atoms with Crippen molar-refractivity contribution in [1.82, 2.24) is 0 Å². The van der Waals surface area contributed by atoms with Crippen molar-refractivity contribution in [3.8, 4) is 11.5 Å². The monoisotopic (exact) mass is 335 g/mol. The van der Waals surface area contributed by atoms with E-state index in [-0.39, 0.29) is 5.75 Å². The molecule has 2 N–H and O–H groups in total. The molecule has 100 valence electrons. The van der Waals surface area contributed by atoms with Gasteiger partial charge in [0, 0.05) is 16.8 Å². The average molecular weight is 336 g/mol. The summed E-state index contributed by atoms with van der Waals surface area (Å²) >= 11 is 3.37. The van der Waals surface area contributed by atoms with Gasteiger partial charge in [-0.15, -0.1) is 0 Å². The number of nitrogens with two attached hydrogens (primary N) is 1. The van der Waals surface area contributed by atoms with Gasteiger partial charge in [0.25, 0.3) is 0 Å². The molecular formula is C11H14BrNO4S. The zero-order valence-electron chi connectivity index (χ0n) is 9.85. The molecule has 0 fully saturated rings. The van der Waals surface area contributed by atoms with Crippen LogP contribution in [0.1, 0.15) is 11.6 Å². The number of sulfone groups is 1. The minimum absolute atomic E-state index is 0.106. The molecule has 1 heterocycles. The van der Waals surface area contributed by atoms with Crippen LogP contribution < -0.4 is 15.2 Å². The SMILES string of the molecule is CS(=O)(=O)CC(N)c1cc2c(cc1Br)OCCO2. The van der Waals surface area contributed by atoms with E-state index in [1.54, 1.807) is 12.1 Å². The Labute approximate surface area is 114 Å². The van der Waals surface area contributed by atoms with E-state index in [4.69, 9.17) is 15.2 Å². The van der Waals surface area contributed by atoms with Crippen LogP contribution >= 0.6 is 15.9 Å². The van der Waals surface area contributed by atoms with E-state index in [0.29, 0.717) is 30.3 Å². The molecule has 0 amide bonds. The lowest BCUT2D eigenvalue weighted by molar-refractivity contribution is 0.171. The molecule has 18 heavy (non-hydrogen) atoms. The van der Waals surface area contributed by atoms with Crippen LogP contribution in [0.4, 0.5) is 0 Å². The van der Waals surface area contributed by atoms with E-state index in [1.165, 1.54) is 6.26 Å². The molecular weight excluding hydrogens is 322 g/mol. The Hall–Kier alpha value is -0.790. The van der Waals surface area contributed by atoms with Gasteiger partial charge in [0.1, 0.15) is 23.1 Å². The van der Waals surface area contributed by atoms with Crippen LogP contribution in [0.3, 0.4) is 0 Å². The summed E-state index contributed by atoms with van der Waals surface area (Å²) in [5.74, 6) is 1.14. The molecule has 0 aliphatic carbocycles. The molecule has 1 aromatic carbocycles. The third-order valence-corrected chi connectivity index (χ3v) is 4.19. The van der Waals surface area contributed by atoms with E-state index in [2.05, 4.69) is 15.9 Å². The van der Waals surface area contributed by atoms with Crippen molar-refractivity contribution >= 4 is 25.8 Å². The molecule has 1 unspecified atom stereocenters. The second-order valence-corrected chi connectivity index (χ2v) is 7.26. The molecule has 5 nitrogen and oxygen atoms in total. The Balaban J connectivity index is 2.33. The summed E-state index contributed by atoms with van der Waals surface area (Å²) in [6.45, 7) is 0.990. The molecule has 7 heteroatoms. The van der Waals surface area contributed by atoms with Crippen LogP contribution in [-0.4, -0.2) is 33.6 Å². The molecule has 0 aromatic heterocycles. The third-order valence-electron chi connectivity index (χ3n) is 2.54. The van der Waals surface area contributed by atoms with E-state index in [1.807, 2.05) is 0 Å². The summed E-state index contributed by atoms with van der Waals surface area (Å²) in [4.78, 5) is 0. The fourth-order valence-electron chi connectivity index (χ4n) is 1.78. The van der Waals surface area contributed by atoms with Gasteiger partial charge in [-0.05, 0) is 17.7 Å². The van der Waals surface area contributed by atoms with Gasteiger partial charge in [0.05, 0.1) is 5.75 Å². The van der Waals surface area contributed by atoms with Gasteiger partial charge >= 0.3 is 0 Å². The van der Waals surface area contributed by atoms with E-state index in [9.17, 15) is 8.42 Å². The second-order valence-electron chi connectivity index (χ2n) is 4.22. The smallest absolute Gasteiger partial charge is 0.162 e. The first-order valence-corrected chi connectivity index (χ1v) is 8.24. The van der Waals surface area contributed by atoms with E-state index in [0.717, 1.165) is 4.47 Å². The van der Waals surface area contributed by atoms with Crippen LogP contribution in [0.25, 0.3) is 0 Å². The topological polar surface area (TPSA) is 78.6 Å². The molecule has 0 spiro atoms. The lowest BCUT2D eigenvalue weighted by atomic mass is 10.1. The molecule has 1 aromatic rings. The predicted molar refractivity (Wildman–Crippen MR) is 71.8 cm³/mol. The summed E-state index contributed by atoms with van der Waals surface area (Å²) < 4.78 is 34.1. The first kappa shape index (κ1) is 13.6. The number of halogens is 1. The van der Waals surface area contributed by atoms with Gasteiger partial charge in [0.15, 0.2) is 11.5 Å². The molecule has 0 saturated heterocycles. The summed E-state index contributed by atoms with van der Waals surface area (Å²) in [6, 6.07) is 2.89. The minimum atomic E-state index is -3.13. The molecule has 1 aliphatic heterocycles. The van der Waals surface area contributed by atoms with Crippen molar-refractivity contribution < 1.29 is 17.9 Å². The number of hydrogen-bond acceptors (Lipinski definition) is 5. The fourth-order valence-corrected chi connectivity index (χ4v) is 3.23. The number of hydrogen-bond donors (Lipinski definition) is 1. The summed E-state index contributed by atoms with van der Waals surface area (Å²) in [5, 5.41) is 0. The Bertz CT molecular complexity index is 558. The molecule has 0 radical (unpaired) electrons. The van der Waals surface area contributed by atoms with Crippen LogP contribution in [0.15, 0.2) is 16.6 Å². The largest absolute Gasteiger partial charge is 0.486 e. The Morgan fingerprint density at radius 2 is 1.89 bits per heavy atom. The van der Waals surface area contributed by atoms with Crippen molar-refractivity contribution in [3.05, 3.63) is 22.2 Å². The van der Waals surface area contributed by atoms with Gasteiger partial charge < -0.3 is 15.2 Å². The van der Waals surface area contributed by atoms with E-state index >= 15 is 0 Å². The highest BCUT2D eigenvalue weighted by Gasteiger charge is 2.20. The van der Waals surface area contributed by atoms with Crippen molar-refractivity contribution in [2.24, 2.45) is 5.73 Å². The van der Waals surface area contributed by atoms with E-state index < -0.39 is 15.9 Å². The zero-order chi connectivity index (χ0) is 13.3. The lowest BCUT2D eigenvalue weighted by Gasteiger charge is -2.21. The highest BCUT2D eigenvalue weighted by Crippen LogP contribution is 2.37. The quantitative estimate of drug-likeness (QED) is 0.899. The Morgan fingerprint density at radius 3 is 2.44 bits per heavy atom. The van der Waals surface area contributed by atoms with Crippen LogP contribution in [0, 0.1) is 0 Å². The summed E-state index contributed by atoms with van der Waals surface area (Å²) in [6.07, 6.45) is 1.17. The predicted octanol–water partition coefficient (Wildman–Crippen LogP) is 1.26.